The Morgan fingerprint density at radius 2 is 2.00 bits per heavy atom. The number of allylic oxidation sites excluding steroid dienone is 5. The summed E-state index contributed by atoms with van der Waals surface area (Å²) in [6.45, 7) is 0. The largest absolute Gasteiger partial charge is 0.480 e. The van der Waals surface area contributed by atoms with Crippen molar-refractivity contribution in [3.8, 4) is 0 Å². The summed E-state index contributed by atoms with van der Waals surface area (Å²) in [7, 11) is 0. The van der Waals surface area contributed by atoms with Gasteiger partial charge in [-0.15, -0.1) is 0 Å². The van der Waals surface area contributed by atoms with Gasteiger partial charge < -0.3 is 5.11 Å². The molecule has 0 aliphatic heterocycles. The molecule has 0 aromatic heterocycles. The van der Waals surface area contributed by atoms with Gasteiger partial charge in [0.1, 0.15) is 5.41 Å². The van der Waals surface area contributed by atoms with Crippen molar-refractivity contribution in [2.24, 2.45) is 5.41 Å². The highest BCUT2D eigenvalue weighted by molar-refractivity contribution is 5.87. The van der Waals surface area contributed by atoms with Gasteiger partial charge in [0.25, 0.3) is 0 Å². The van der Waals surface area contributed by atoms with Crippen molar-refractivity contribution >= 4 is 5.97 Å². The molecule has 1 N–H and O–H groups in total. The number of carboxylic acids is 1. The first-order valence-electron chi connectivity index (χ1n) is 3.75. The second kappa shape index (κ2) is 2.21. The van der Waals surface area contributed by atoms with E-state index >= 15 is 0 Å². The lowest BCUT2D eigenvalue weighted by Gasteiger charge is -2.22. The monoisotopic (exact) mass is 160 g/mol. The number of carboxylic acid groups (broad SMARTS) is 1. The summed E-state index contributed by atoms with van der Waals surface area (Å²) < 4.78 is 0. The van der Waals surface area contributed by atoms with Crippen molar-refractivity contribution in [1.29, 1.82) is 0 Å². The summed E-state index contributed by atoms with van der Waals surface area (Å²) in [5.41, 5.74) is -0.0492. The molecular formula is C10H8O2. The molecule has 0 bridgehead atoms. The topological polar surface area (TPSA) is 37.3 Å². The van der Waals surface area contributed by atoms with E-state index in [0.29, 0.717) is 0 Å². The highest BCUT2D eigenvalue weighted by Crippen LogP contribution is 2.38. The second-order valence-corrected chi connectivity index (χ2v) is 2.87. The van der Waals surface area contributed by atoms with Gasteiger partial charge in [-0.05, 0) is 5.57 Å². The molecule has 1 atom stereocenters. The first-order valence-corrected chi connectivity index (χ1v) is 3.75. The summed E-state index contributed by atoms with van der Waals surface area (Å²) in [5.74, 6) is -0.817. The highest BCUT2D eigenvalue weighted by atomic mass is 16.4. The molecule has 2 aliphatic carbocycles. The zero-order valence-electron chi connectivity index (χ0n) is 6.40. The molecule has 0 aromatic rings. The van der Waals surface area contributed by atoms with Crippen molar-refractivity contribution in [2.45, 2.75) is 0 Å². The van der Waals surface area contributed by atoms with Crippen molar-refractivity contribution in [3.63, 3.8) is 0 Å². The van der Waals surface area contributed by atoms with E-state index in [1.807, 2.05) is 18.2 Å². The molecule has 0 spiro atoms. The number of carbonyl (C=O) groups is 1. The molecule has 0 fully saturated rings. The third-order valence-electron chi connectivity index (χ3n) is 2.21. The fourth-order valence-corrected chi connectivity index (χ4v) is 1.52. The Morgan fingerprint density at radius 3 is 2.67 bits per heavy atom. The Morgan fingerprint density at radius 1 is 1.25 bits per heavy atom. The van der Waals surface area contributed by atoms with Crippen LogP contribution in [0.3, 0.4) is 0 Å². The highest BCUT2D eigenvalue weighted by Gasteiger charge is 2.38. The molecule has 0 saturated carbocycles. The standard InChI is InChI=1S/C10H8O2/c11-9(12)10-6-2-1-4-8(10)5-3-7-10/h1-7H,(H,11,12). The average molecular weight is 160 g/mol. The van der Waals surface area contributed by atoms with Gasteiger partial charge in [-0.1, -0.05) is 42.5 Å². The maximum Gasteiger partial charge on any atom is 0.321 e. The Bertz CT molecular complexity index is 345. The Labute approximate surface area is 70.2 Å². The van der Waals surface area contributed by atoms with Gasteiger partial charge in [0.2, 0.25) is 0 Å². The van der Waals surface area contributed by atoms with E-state index < -0.39 is 11.4 Å². The Balaban J connectivity index is 2.54. The minimum atomic E-state index is -0.880. The molecule has 1 unspecified atom stereocenters. The van der Waals surface area contributed by atoms with Gasteiger partial charge in [0, 0.05) is 0 Å². The molecular weight excluding hydrogens is 152 g/mol. The SMILES string of the molecule is O=C(O)C12C=CC=CC1=CC=C2. The van der Waals surface area contributed by atoms with E-state index in [0.717, 1.165) is 5.57 Å². The zero-order chi connectivity index (χ0) is 8.60. The number of fused-ring (bicyclic) bond motifs is 1. The van der Waals surface area contributed by atoms with Crippen LogP contribution in [0.2, 0.25) is 0 Å². The van der Waals surface area contributed by atoms with Gasteiger partial charge in [-0.3, -0.25) is 4.79 Å². The van der Waals surface area contributed by atoms with Gasteiger partial charge in [0.15, 0.2) is 0 Å². The van der Waals surface area contributed by atoms with Crippen LogP contribution >= 0.6 is 0 Å². The lowest BCUT2D eigenvalue weighted by Crippen LogP contribution is -2.27. The van der Waals surface area contributed by atoms with Crippen molar-refractivity contribution in [1.82, 2.24) is 0 Å². The van der Waals surface area contributed by atoms with Crippen molar-refractivity contribution < 1.29 is 9.90 Å². The molecule has 0 amide bonds. The van der Waals surface area contributed by atoms with Crippen LogP contribution in [0.1, 0.15) is 0 Å². The number of aliphatic carboxylic acids is 1. The third kappa shape index (κ3) is 0.720. The van der Waals surface area contributed by atoms with Gasteiger partial charge in [-0.25, -0.2) is 0 Å². The lowest BCUT2D eigenvalue weighted by atomic mass is 9.80. The minimum Gasteiger partial charge on any atom is -0.480 e. The summed E-state index contributed by atoms with van der Waals surface area (Å²) >= 11 is 0. The molecule has 0 aromatic carbocycles. The van der Waals surface area contributed by atoms with E-state index in [2.05, 4.69) is 0 Å². The first kappa shape index (κ1) is 7.10. The Kier molecular flexibility index (Phi) is 1.30. The van der Waals surface area contributed by atoms with Crippen LogP contribution in [0.25, 0.3) is 0 Å². The van der Waals surface area contributed by atoms with Crippen LogP contribution in [0.5, 0.6) is 0 Å². The zero-order valence-corrected chi connectivity index (χ0v) is 6.40. The molecule has 0 radical (unpaired) electrons. The maximum atomic E-state index is 11.0. The van der Waals surface area contributed by atoms with Crippen molar-refractivity contribution in [2.75, 3.05) is 0 Å². The average Bonchev–Trinajstić information content (AvgIpc) is 2.48. The molecule has 2 aliphatic rings. The van der Waals surface area contributed by atoms with Crippen LogP contribution in [0.15, 0.2) is 48.1 Å². The van der Waals surface area contributed by atoms with Crippen LogP contribution < -0.4 is 0 Å². The third-order valence-corrected chi connectivity index (χ3v) is 2.21. The number of hydrogen-bond donors (Lipinski definition) is 1. The fourth-order valence-electron chi connectivity index (χ4n) is 1.52. The molecule has 0 heterocycles. The van der Waals surface area contributed by atoms with E-state index in [1.54, 1.807) is 24.3 Å². The van der Waals surface area contributed by atoms with Gasteiger partial charge in [0.05, 0.1) is 0 Å². The van der Waals surface area contributed by atoms with E-state index in [-0.39, 0.29) is 0 Å². The maximum absolute atomic E-state index is 11.0. The minimum absolute atomic E-state index is 0.817. The summed E-state index contributed by atoms with van der Waals surface area (Å²) in [6.07, 6.45) is 12.4. The Hall–Kier alpha value is -1.57. The second-order valence-electron chi connectivity index (χ2n) is 2.87. The lowest BCUT2D eigenvalue weighted by molar-refractivity contribution is -0.141. The van der Waals surface area contributed by atoms with Crippen LogP contribution in [-0.4, -0.2) is 11.1 Å². The van der Waals surface area contributed by atoms with Crippen LogP contribution in [-0.2, 0) is 4.79 Å². The summed E-state index contributed by atoms with van der Waals surface area (Å²) in [5, 5.41) is 9.02. The molecule has 2 heteroatoms. The summed E-state index contributed by atoms with van der Waals surface area (Å²) in [6, 6.07) is 0. The molecule has 2 rings (SSSR count). The fraction of sp³-hybridized carbons (Fsp3) is 0.100. The molecule has 0 saturated heterocycles. The van der Waals surface area contributed by atoms with E-state index in [9.17, 15) is 4.79 Å². The normalized spacial score (nSPS) is 30.2. The van der Waals surface area contributed by atoms with Gasteiger partial charge >= 0.3 is 5.97 Å². The first-order chi connectivity index (χ1) is 5.76. The van der Waals surface area contributed by atoms with Crippen LogP contribution in [0.4, 0.5) is 0 Å². The molecule has 60 valence electrons. The summed E-state index contributed by atoms with van der Waals surface area (Å²) in [4.78, 5) is 11.0. The molecule has 12 heavy (non-hydrogen) atoms. The predicted molar refractivity (Wildman–Crippen MR) is 45.6 cm³/mol. The van der Waals surface area contributed by atoms with Gasteiger partial charge in [-0.2, -0.15) is 0 Å². The van der Waals surface area contributed by atoms with Crippen molar-refractivity contribution in [3.05, 3.63) is 48.1 Å². The van der Waals surface area contributed by atoms with Crippen LogP contribution in [0, 0.1) is 5.41 Å². The number of hydrogen-bond acceptors (Lipinski definition) is 1. The molecule has 2 nitrogen and oxygen atoms in total. The smallest absolute Gasteiger partial charge is 0.321 e. The van der Waals surface area contributed by atoms with E-state index in [1.165, 1.54) is 0 Å². The number of rotatable bonds is 1. The van der Waals surface area contributed by atoms with E-state index in [4.69, 9.17) is 5.11 Å². The predicted octanol–water partition coefficient (Wildman–Crippen LogP) is 1.68. The quantitative estimate of drug-likeness (QED) is 0.633.